The standard InChI is InChI=1S/C20H18ClN3O/c21-16-1-2-19-17(12-16)18(13-23-19)15-5-9-24(10-6-15)20(25)11-14-3-7-22-8-4-14/h1-5,7-8,12-13,23H,6,9-11H2. The first-order chi connectivity index (χ1) is 12.2. The number of hydrogen-bond donors (Lipinski definition) is 1. The normalized spacial score (nSPS) is 14.6. The Labute approximate surface area is 151 Å². The summed E-state index contributed by atoms with van der Waals surface area (Å²) < 4.78 is 0. The van der Waals surface area contributed by atoms with Crippen molar-refractivity contribution in [2.75, 3.05) is 13.1 Å². The Morgan fingerprint density at radius 2 is 2.08 bits per heavy atom. The van der Waals surface area contributed by atoms with Crippen molar-refractivity contribution in [3.8, 4) is 0 Å². The van der Waals surface area contributed by atoms with Crippen molar-refractivity contribution in [2.45, 2.75) is 12.8 Å². The highest BCUT2D eigenvalue weighted by molar-refractivity contribution is 6.31. The molecule has 0 aliphatic carbocycles. The molecule has 1 aromatic carbocycles. The molecule has 0 saturated heterocycles. The lowest BCUT2D eigenvalue weighted by molar-refractivity contribution is -0.130. The first-order valence-electron chi connectivity index (χ1n) is 8.33. The molecule has 3 heterocycles. The average Bonchev–Trinajstić information content (AvgIpc) is 3.05. The van der Waals surface area contributed by atoms with Gasteiger partial charge in [0.15, 0.2) is 0 Å². The van der Waals surface area contributed by atoms with Gasteiger partial charge in [-0.1, -0.05) is 17.7 Å². The summed E-state index contributed by atoms with van der Waals surface area (Å²) in [7, 11) is 0. The maximum atomic E-state index is 12.5. The number of halogens is 1. The summed E-state index contributed by atoms with van der Waals surface area (Å²) in [4.78, 5) is 21.7. The Morgan fingerprint density at radius 3 is 2.84 bits per heavy atom. The molecule has 25 heavy (non-hydrogen) atoms. The number of fused-ring (bicyclic) bond motifs is 1. The lowest BCUT2D eigenvalue weighted by Crippen LogP contribution is -2.35. The lowest BCUT2D eigenvalue weighted by Gasteiger charge is -2.26. The number of aromatic amines is 1. The van der Waals surface area contributed by atoms with Crippen LogP contribution < -0.4 is 0 Å². The van der Waals surface area contributed by atoms with Crippen LogP contribution in [-0.2, 0) is 11.2 Å². The fourth-order valence-electron chi connectivity index (χ4n) is 3.29. The first kappa shape index (κ1) is 15.9. The topological polar surface area (TPSA) is 49.0 Å². The van der Waals surface area contributed by atoms with Gasteiger partial charge >= 0.3 is 0 Å². The van der Waals surface area contributed by atoms with Crippen molar-refractivity contribution in [2.24, 2.45) is 0 Å². The fourth-order valence-corrected chi connectivity index (χ4v) is 3.46. The third kappa shape index (κ3) is 3.30. The first-order valence-corrected chi connectivity index (χ1v) is 8.71. The number of H-pyrrole nitrogens is 1. The van der Waals surface area contributed by atoms with Gasteiger partial charge < -0.3 is 9.88 Å². The molecule has 0 fully saturated rings. The molecule has 4 nitrogen and oxygen atoms in total. The predicted molar refractivity (Wildman–Crippen MR) is 100 cm³/mol. The van der Waals surface area contributed by atoms with Crippen molar-refractivity contribution < 1.29 is 4.79 Å². The average molecular weight is 352 g/mol. The number of rotatable bonds is 3. The van der Waals surface area contributed by atoms with Gasteiger partial charge in [0.2, 0.25) is 5.91 Å². The summed E-state index contributed by atoms with van der Waals surface area (Å²) in [5, 5.41) is 1.87. The second-order valence-electron chi connectivity index (χ2n) is 6.24. The van der Waals surface area contributed by atoms with E-state index in [0.29, 0.717) is 13.0 Å². The van der Waals surface area contributed by atoms with Gasteiger partial charge in [0, 0.05) is 53.2 Å². The highest BCUT2D eigenvalue weighted by Gasteiger charge is 2.19. The van der Waals surface area contributed by atoms with Gasteiger partial charge in [0.1, 0.15) is 0 Å². The number of benzene rings is 1. The minimum absolute atomic E-state index is 0.156. The second kappa shape index (κ2) is 6.73. The molecule has 0 atom stereocenters. The van der Waals surface area contributed by atoms with E-state index < -0.39 is 0 Å². The summed E-state index contributed by atoms with van der Waals surface area (Å²) in [6.07, 6.45) is 8.90. The summed E-state index contributed by atoms with van der Waals surface area (Å²) >= 11 is 6.14. The number of aromatic nitrogens is 2. The van der Waals surface area contributed by atoms with E-state index in [2.05, 4.69) is 16.0 Å². The fraction of sp³-hybridized carbons (Fsp3) is 0.200. The zero-order valence-corrected chi connectivity index (χ0v) is 14.5. The highest BCUT2D eigenvalue weighted by Crippen LogP contribution is 2.31. The number of nitrogens with one attached hydrogen (secondary N) is 1. The Morgan fingerprint density at radius 1 is 1.24 bits per heavy atom. The molecule has 1 amide bonds. The van der Waals surface area contributed by atoms with Crippen LogP contribution in [0.2, 0.25) is 5.02 Å². The van der Waals surface area contributed by atoms with Crippen LogP contribution in [0.15, 0.2) is 55.0 Å². The molecule has 0 saturated carbocycles. The third-order valence-corrected chi connectivity index (χ3v) is 4.89. The Bertz CT molecular complexity index is 946. The molecule has 1 N–H and O–H groups in total. The van der Waals surface area contributed by atoms with Crippen LogP contribution in [-0.4, -0.2) is 33.9 Å². The summed E-state index contributed by atoms with van der Waals surface area (Å²) in [5.41, 5.74) is 4.53. The summed E-state index contributed by atoms with van der Waals surface area (Å²) in [6, 6.07) is 9.65. The zero-order chi connectivity index (χ0) is 17.2. The van der Waals surface area contributed by atoms with Crippen LogP contribution in [0.3, 0.4) is 0 Å². The maximum Gasteiger partial charge on any atom is 0.227 e. The number of hydrogen-bond acceptors (Lipinski definition) is 2. The molecule has 3 aromatic rings. The van der Waals surface area contributed by atoms with Gasteiger partial charge in [-0.2, -0.15) is 0 Å². The van der Waals surface area contributed by atoms with E-state index in [9.17, 15) is 4.79 Å². The van der Waals surface area contributed by atoms with E-state index in [-0.39, 0.29) is 5.91 Å². The number of nitrogens with zero attached hydrogens (tertiary/aromatic N) is 2. The zero-order valence-electron chi connectivity index (χ0n) is 13.7. The van der Waals surface area contributed by atoms with E-state index in [4.69, 9.17) is 11.6 Å². The monoisotopic (exact) mass is 351 g/mol. The van der Waals surface area contributed by atoms with E-state index in [1.165, 1.54) is 11.1 Å². The second-order valence-corrected chi connectivity index (χ2v) is 6.68. The lowest BCUT2D eigenvalue weighted by atomic mass is 9.98. The Hall–Kier alpha value is -2.59. The smallest absolute Gasteiger partial charge is 0.227 e. The van der Waals surface area contributed by atoms with Crippen LogP contribution in [0.4, 0.5) is 0 Å². The summed E-state index contributed by atoms with van der Waals surface area (Å²) in [6.45, 7) is 1.38. The van der Waals surface area contributed by atoms with Gasteiger partial charge in [-0.25, -0.2) is 0 Å². The SMILES string of the molecule is O=C(Cc1ccncc1)N1CC=C(c2c[nH]c3ccc(Cl)cc23)CC1. The molecule has 2 aromatic heterocycles. The molecule has 4 rings (SSSR count). The molecular formula is C20H18ClN3O. The molecule has 0 bridgehead atoms. The minimum atomic E-state index is 0.156. The highest BCUT2D eigenvalue weighted by atomic mass is 35.5. The van der Waals surface area contributed by atoms with Crippen molar-refractivity contribution in [1.29, 1.82) is 0 Å². The van der Waals surface area contributed by atoms with E-state index in [1.54, 1.807) is 12.4 Å². The molecule has 0 radical (unpaired) electrons. The van der Waals surface area contributed by atoms with Crippen molar-refractivity contribution >= 4 is 34.0 Å². The molecule has 5 heteroatoms. The Balaban J connectivity index is 1.50. The van der Waals surface area contributed by atoms with Crippen LogP contribution in [0.25, 0.3) is 16.5 Å². The third-order valence-electron chi connectivity index (χ3n) is 4.66. The molecule has 1 aliphatic rings. The largest absolute Gasteiger partial charge is 0.361 e. The molecule has 126 valence electrons. The number of carbonyl (C=O) groups is 1. The van der Waals surface area contributed by atoms with E-state index in [1.807, 2.05) is 41.4 Å². The molecular weight excluding hydrogens is 334 g/mol. The number of pyridine rings is 1. The van der Waals surface area contributed by atoms with Crippen LogP contribution in [0.5, 0.6) is 0 Å². The van der Waals surface area contributed by atoms with Crippen molar-refractivity contribution in [3.63, 3.8) is 0 Å². The minimum Gasteiger partial charge on any atom is -0.361 e. The molecule has 0 spiro atoms. The predicted octanol–water partition coefficient (Wildman–Crippen LogP) is 4.07. The number of carbonyl (C=O) groups excluding carboxylic acids is 1. The van der Waals surface area contributed by atoms with E-state index >= 15 is 0 Å². The van der Waals surface area contributed by atoms with Gasteiger partial charge in [-0.05, 0) is 47.9 Å². The molecule has 0 unspecified atom stereocenters. The van der Waals surface area contributed by atoms with Gasteiger partial charge in [0.05, 0.1) is 6.42 Å². The van der Waals surface area contributed by atoms with Crippen LogP contribution in [0, 0.1) is 0 Å². The number of amides is 1. The summed E-state index contributed by atoms with van der Waals surface area (Å²) in [5.74, 6) is 0.156. The van der Waals surface area contributed by atoms with Gasteiger partial charge in [-0.3, -0.25) is 9.78 Å². The molecule has 1 aliphatic heterocycles. The van der Waals surface area contributed by atoms with Crippen LogP contribution >= 0.6 is 11.6 Å². The Kier molecular flexibility index (Phi) is 4.28. The quantitative estimate of drug-likeness (QED) is 0.773. The van der Waals surface area contributed by atoms with Crippen LogP contribution in [0.1, 0.15) is 17.5 Å². The van der Waals surface area contributed by atoms with Gasteiger partial charge in [-0.15, -0.1) is 0 Å². The maximum absolute atomic E-state index is 12.5. The van der Waals surface area contributed by atoms with E-state index in [0.717, 1.165) is 34.5 Å². The van der Waals surface area contributed by atoms with Crippen molar-refractivity contribution in [1.82, 2.24) is 14.9 Å². The van der Waals surface area contributed by atoms with Gasteiger partial charge in [0.25, 0.3) is 0 Å². The van der Waals surface area contributed by atoms with Crippen molar-refractivity contribution in [3.05, 3.63) is 71.1 Å².